The fourth-order valence-corrected chi connectivity index (χ4v) is 1.42. The van der Waals surface area contributed by atoms with Gasteiger partial charge in [0.1, 0.15) is 0 Å². The van der Waals surface area contributed by atoms with Gasteiger partial charge in [-0.1, -0.05) is 36.4 Å². The first-order chi connectivity index (χ1) is 6.80. The van der Waals surface area contributed by atoms with Crippen molar-refractivity contribution in [1.82, 2.24) is 0 Å². The van der Waals surface area contributed by atoms with Crippen molar-refractivity contribution in [2.45, 2.75) is 39.5 Å². The Morgan fingerprint density at radius 3 is 1.43 bits per heavy atom. The molecule has 0 aromatic heterocycles. The maximum absolute atomic E-state index is 2.27. The summed E-state index contributed by atoms with van der Waals surface area (Å²) in [4.78, 5) is 0. The zero-order valence-electron chi connectivity index (χ0n) is 9.29. The lowest BCUT2D eigenvalue weighted by Crippen LogP contribution is -1.77. The second-order valence-corrected chi connectivity index (χ2v) is 3.84. The molecule has 0 nitrogen and oxygen atoms in total. The molecule has 0 saturated heterocycles. The first kappa shape index (κ1) is 11.0. The minimum Gasteiger partial charge on any atom is -0.0885 e. The molecular formula is C14H20. The Kier molecular flexibility index (Phi) is 5.06. The Morgan fingerprint density at radius 2 is 1.21 bits per heavy atom. The Balaban J connectivity index is 0.000000146. The van der Waals surface area contributed by atoms with Gasteiger partial charge in [-0.2, -0.15) is 0 Å². The Labute approximate surface area is 87.7 Å². The molecule has 1 aliphatic rings. The van der Waals surface area contributed by atoms with E-state index in [0.29, 0.717) is 0 Å². The molecule has 0 heterocycles. The molecule has 0 bridgehead atoms. The number of hydrogen-bond acceptors (Lipinski definition) is 0. The van der Waals surface area contributed by atoms with E-state index in [2.05, 4.69) is 50.3 Å². The molecule has 1 aliphatic carbocycles. The molecule has 0 N–H and O–H groups in total. The fourth-order valence-electron chi connectivity index (χ4n) is 1.42. The molecule has 2 rings (SSSR count). The number of rotatable bonds is 0. The highest BCUT2D eigenvalue weighted by Crippen LogP contribution is 2.07. The average molecular weight is 188 g/mol. The monoisotopic (exact) mass is 188 g/mol. The fraction of sp³-hybridized carbons (Fsp3) is 0.429. The second-order valence-electron chi connectivity index (χ2n) is 3.84. The van der Waals surface area contributed by atoms with Gasteiger partial charge < -0.3 is 0 Å². The van der Waals surface area contributed by atoms with E-state index < -0.39 is 0 Å². The molecule has 0 heteroatoms. The van der Waals surface area contributed by atoms with Crippen LogP contribution in [0.15, 0.2) is 36.4 Å². The molecule has 14 heavy (non-hydrogen) atoms. The maximum Gasteiger partial charge on any atom is -0.0351 e. The molecule has 0 spiro atoms. The zero-order chi connectivity index (χ0) is 10.2. The average Bonchev–Trinajstić information content (AvgIpc) is 2.26. The standard InChI is InChI=1S/C8H10.C6H10/c1-7-5-3-4-6-8(7)2;1-2-4-6-5-3-1/h3-6H,1-2H3;1-2H,3-6H2. The van der Waals surface area contributed by atoms with Gasteiger partial charge in [0.15, 0.2) is 0 Å². The second kappa shape index (κ2) is 6.42. The molecule has 0 aliphatic heterocycles. The smallest absolute Gasteiger partial charge is 0.0351 e. The van der Waals surface area contributed by atoms with Crippen molar-refractivity contribution in [3.8, 4) is 0 Å². The van der Waals surface area contributed by atoms with Crippen LogP contribution in [-0.4, -0.2) is 0 Å². The summed E-state index contributed by atoms with van der Waals surface area (Å²) in [7, 11) is 0. The normalized spacial score (nSPS) is 14.4. The minimum atomic E-state index is 1.32. The number of benzene rings is 1. The SMILES string of the molecule is C1=CCCCC1.Cc1ccccc1C. The van der Waals surface area contributed by atoms with Crippen LogP contribution >= 0.6 is 0 Å². The van der Waals surface area contributed by atoms with Gasteiger partial charge in [0, 0.05) is 0 Å². The topological polar surface area (TPSA) is 0 Å². The van der Waals surface area contributed by atoms with E-state index in [0.717, 1.165) is 0 Å². The highest BCUT2D eigenvalue weighted by molar-refractivity contribution is 5.23. The summed E-state index contributed by atoms with van der Waals surface area (Å²) < 4.78 is 0. The van der Waals surface area contributed by atoms with Crippen molar-refractivity contribution in [3.05, 3.63) is 47.5 Å². The molecule has 1 aromatic rings. The van der Waals surface area contributed by atoms with Crippen molar-refractivity contribution in [2.75, 3.05) is 0 Å². The summed E-state index contributed by atoms with van der Waals surface area (Å²) in [6.07, 6.45) is 10.0. The Bertz CT molecular complexity index is 255. The van der Waals surface area contributed by atoms with Gasteiger partial charge in [-0.3, -0.25) is 0 Å². The first-order valence-corrected chi connectivity index (χ1v) is 5.48. The van der Waals surface area contributed by atoms with Gasteiger partial charge in [-0.15, -0.1) is 0 Å². The Morgan fingerprint density at radius 1 is 0.786 bits per heavy atom. The van der Waals surface area contributed by atoms with E-state index >= 15 is 0 Å². The lowest BCUT2D eigenvalue weighted by Gasteiger charge is -1.97. The van der Waals surface area contributed by atoms with Crippen molar-refractivity contribution in [3.63, 3.8) is 0 Å². The lowest BCUT2D eigenvalue weighted by molar-refractivity contribution is 0.730. The third kappa shape index (κ3) is 4.27. The van der Waals surface area contributed by atoms with Crippen LogP contribution in [0.25, 0.3) is 0 Å². The first-order valence-electron chi connectivity index (χ1n) is 5.48. The van der Waals surface area contributed by atoms with Gasteiger partial charge in [-0.05, 0) is 50.7 Å². The van der Waals surface area contributed by atoms with Gasteiger partial charge in [0.25, 0.3) is 0 Å². The molecule has 0 atom stereocenters. The van der Waals surface area contributed by atoms with Crippen LogP contribution in [0.1, 0.15) is 36.8 Å². The van der Waals surface area contributed by atoms with Crippen molar-refractivity contribution < 1.29 is 0 Å². The van der Waals surface area contributed by atoms with Gasteiger partial charge in [0.05, 0.1) is 0 Å². The number of hydrogen-bond donors (Lipinski definition) is 0. The molecule has 0 fully saturated rings. The van der Waals surface area contributed by atoms with E-state index in [1.54, 1.807) is 0 Å². The third-order valence-electron chi connectivity index (χ3n) is 2.58. The quantitative estimate of drug-likeness (QED) is 0.529. The summed E-state index contributed by atoms with van der Waals surface area (Å²) in [6.45, 7) is 4.24. The maximum atomic E-state index is 2.27. The minimum absolute atomic E-state index is 1.32. The highest BCUT2D eigenvalue weighted by Gasteiger charge is 1.87. The lowest BCUT2D eigenvalue weighted by atomic mass is 10.1. The van der Waals surface area contributed by atoms with E-state index in [1.165, 1.54) is 36.8 Å². The van der Waals surface area contributed by atoms with Crippen molar-refractivity contribution in [2.24, 2.45) is 0 Å². The van der Waals surface area contributed by atoms with Crippen LogP contribution < -0.4 is 0 Å². The zero-order valence-corrected chi connectivity index (χ0v) is 9.29. The van der Waals surface area contributed by atoms with Gasteiger partial charge in [-0.25, -0.2) is 0 Å². The molecule has 0 amide bonds. The van der Waals surface area contributed by atoms with E-state index in [1.807, 2.05) is 0 Å². The van der Waals surface area contributed by atoms with Crippen molar-refractivity contribution in [1.29, 1.82) is 0 Å². The van der Waals surface area contributed by atoms with Crippen LogP contribution in [0.3, 0.4) is 0 Å². The molecule has 0 saturated carbocycles. The predicted octanol–water partition coefficient (Wildman–Crippen LogP) is 4.42. The van der Waals surface area contributed by atoms with E-state index in [9.17, 15) is 0 Å². The van der Waals surface area contributed by atoms with E-state index in [-0.39, 0.29) is 0 Å². The largest absolute Gasteiger partial charge is 0.0885 e. The third-order valence-corrected chi connectivity index (χ3v) is 2.58. The highest BCUT2D eigenvalue weighted by atomic mass is 13.9. The summed E-state index contributed by atoms with van der Waals surface area (Å²) >= 11 is 0. The van der Waals surface area contributed by atoms with E-state index in [4.69, 9.17) is 0 Å². The summed E-state index contributed by atoms with van der Waals surface area (Å²) in [5, 5.41) is 0. The van der Waals surface area contributed by atoms with Crippen LogP contribution in [0.4, 0.5) is 0 Å². The molecule has 0 unspecified atom stereocenters. The summed E-state index contributed by atoms with van der Waals surface area (Å²) in [6, 6.07) is 8.36. The van der Waals surface area contributed by atoms with Crippen LogP contribution in [0.2, 0.25) is 0 Å². The molecular weight excluding hydrogens is 168 g/mol. The number of aryl methyl sites for hydroxylation is 2. The van der Waals surface area contributed by atoms with Gasteiger partial charge in [0.2, 0.25) is 0 Å². The van der Waals surface area contributed by atoms with Gasteiger partial charge >= 0.3 is 0 Å². The van der Waals surface area contributed by atoms with Crippen LogP contribution in [0, 0.1) is 13.8 Å². The molecule has 76 valence electrons. The molecule has 0 radical (unpaired) electrons. The summed E-state index contributed by atoms with van der Waals surface area (Å²) in [5.74, 6) is 0. The van der Waals surface area contributed by atoms with Crippen LogP contribution in [-0.2, 0) is 0 Å². The molecule has 1 aromatic carbocycles. The Hall–Kier alpha value is -1.04. The number of allylic oxidation sites excluding steroid dienone is 2. The predicted molar refractivity (Wildman–Crippen MR) is 63.5 cm³/mol. The van der Waals surface area contributed by atoms with Crippen molar-refractivity contribution >= 4 is 0 Å². The summed E-state index contributed by atoms with van der Waals surface area (Å²) in [5.41, 5.74) is 2.74. The van der Waals surface area contributed by atoms with Crippen LogP contribution in [0.5, 0.6) is 0 Å².